The molecule has 0 unspecified atom stereocenters. The van der Waals surface area contributed by atoms with Crippen molar-refractivity contribution in [3.8, 4) is 5.75 Å². The van der Waals surface area contributed by atoms with Crippen molar-refractivity contribution in [2.24, 2.45) is 0 Å². The fourth-order valence-electron chi connectivity index (χ4n) is 1.44. The van der Waals surface area contributed by atoms with Crippen LogP contribution >= 0.6 is 0 Å². The largest absolute Gasteiger partial charge is 0.475 e. The van der Waals surface area contributed by atoms with Crippen LogP contribution in [0.2, 0.25) is 0 Å². The Hall–Kier alpha value is -1.80. The third kappa shape index (κ3) is 2.61. The minimum atomic E-state index is -0.112. The van der Waals surface area contributed by atoms with Crippen molar-refractivity contribution >= 4 is 0 Å². The molecule has 0 spiro atoms. The first-order valence-corrected chi connectivity index (χ1v) is 5.15. The van der Waals surface area contributed by atoms with E-state index < -0.39 is 0 Å². The lowest BCUT2D eigenvalue weighted by Gasteiger charge is -2.15. The third-order valence-electron chi connectivity index (χ3n) is 2.22. The van der Waals surface area contributed by atoms with Crippen molar-refractivity contribution in [3.05, 3.63) is 72.3 Å². The molecular formula is C14H13O2. The summed E-state index contributed by atoms with van der Waals surface area (Å²) < 4.78 is 5.62. The maximum atomic E-state index is 9.28. The minimum Gasteiger partial charge on any atom is -0.475 e. The van der Waals surface area contributed by atoms with Crippen LogP contribution in [0.4, 0.5) is 0 Å². The molecule has 0 aliphatic rings. The van der Waals surface area contributed by atoms with Crippen LogP contribution in [0.25, 0.3) is 0 Å². The Morgan fingerprint density at radius 3 is 2.00 bits per heavy atom. The molecule has 2 aromatic carbocycles. The zero-order valence-electron chi connectivity index (χ0n) is 8.84. The molecule has 2 rings (SSSR count). The Morgan fingerprint density at radius 2 is 1.44 bits per heavy atom. The van der Waals surface area contributed by atoms with Gasteiger partial charge in [-0.1, -0.05) is 48.5 Å². The predicted molar refractivity (Wildman–Crippen MR) is 62.9 cm³/mol. The average molecular weight is 213 g/mol. The van der Waals surface area contributed by atoms with Gasteiger partial charge in [-0.05, 0) is 12.1 Å². The molecule has 1 radical (unpaired) electrons. The summed E-state index contributed by atoms with van der Waals surface area (Å²) in [4.78, 5) is 0. The SMILES string of the molecule is OC[C](Oc1ccccc1)c1ccccc1. The van der Waals surface area contributed by atoms with Crippen molar-refractivity contribution in [1.29, 1.82) is 0 Å². The Balaban J connectivity index is 2.13. The molecule has 0 atom stereocenters. The molecule has 0 bridgehead atoms. The van der Waals surface area contributed by atoms with Crippen molar-refractivity contribution < 1.29 is 9.84 Å². The molecule has 81 valence electrons. The van der Waals surface area contributed by atoms with Crippen molar-refractivity contribution in [2.75, 3.05) is 6.61 Å². The number of benzene rings is 2. The summed E-state index contributed by atoms with van der Waals surface area (Å²) in [7, 11) is 0. The Labute approximate surface area is 95.1 Å². The highest BCUT2D eigenvalue weighted by Crippen LogP contribution is 2.20. The number of hydrogen-bond donors (Lipinski definition) is 1. The highest BCUT2D eigenvalue weighted by atomic mass is 16.5. The third-order valence-corrected chi connectivity index (χ3v) is 2.22. The van der Waals surface area contributed by atoms with E-state index in [4.69, 9.17) is 4.74 Å². The number of aliphatic hydroxyl groups excluding tert-OH is 1. The maximum Gasteiger partial charge on any atom is 0.203 e. The van der Waals surface area contributed by atoms with Crippen LogP contribution in [0.1, 0.15) is 5.56 Å². The molecule has 0 saturated carbocycles. The molecule has 0 aliphatic heterocycles. The van der Waals surface area contributed by atoms with Crippen LogP contribution in [-0.2, 0) is 0 Å². The maximum absolute atomic E-state index is 9.28. The summed E-state index contributed by atoms with van der Waals surface area (Å²) in [5.74, 6) is 0.732. The van der Waals surface area contributed by atoms with Crippen molar-refractivity contribution in [2.45, 2.75) is 0 Å². The lowest BCUT2D eigenvalue weighted by Crippen LogP contribution is -2.12. The van der Waals surface area contributed by atoms with Gasteiger partial charge in [0.2, 0.25) is 6.10 Å². The van der Waals surface area contributed by atoms with Crippen molar-refractivity contribution in [3.63, 3.8) is 0 Å². The first-order valence-electron chi connectivity index (χ1n) is 5.15. The second-order valence-electron chi connectivity index (χ2n) is 3.36. The average Bonchev–Trinajstić information content (AvgIpc) is 2.38. The monoisotopic (exact) mass is 213 g/mol. The van der Waals surface area contributed by atoms with Crippen LogP contribution in [0.5, 0.6) is 5.75 Å². The van der Waals surface area contributed by atoms with Gasteiger partial charge in [0.1, 0.15) is 5.75 Å². The fourth-order valence-corrected chi connectivity index (χ4v) is 1.44. The number of aliphatic hydroxyl groups is 1. The molecule has 16 heavy (non-hydrogen) atoms. The molecular weight excluding hydrogens is 200 g/mol. The Morgan fingerprint density at radius 1 is 0.875 bits per heavy atom. The highest BCUT2D eigenvalue weighted by Gasteiger charge is 2.13. The number of rotatable bonds is 4. The quantitative estimate of drug-likeness (QED) is 0.846. The van der Waals surface area contributed by atoms with E-state index in [0.29, 0.717) is 6.10 Å². The topological polar surface area (TPSA) is 29.5 Å². The number of para-hydroxylation sites is 1. The van der Waals surface area contributed by atoms with E-state index in [9.17, 15) is 5.11 Å². The van der Waals surface area contributed by atoms with Crippen LogP contribution in [0.15, 0.2) is 60.7 Å². The fraction of sp³-hybridized carbons (Fsp3) is 0.0714. The lowest BCUT2D eigenvalue weighted by atomic mass is 10.1. The van der Waals surface area contributed by atoms with Crippen LogP contribution in [0.3, 0.4) is 0 Å². The van der Waals surface area contributed by atoms with E-state index in [1.807, 2.05) is 60.7 Å². The highest BCUT2D eigenvalue weighted by molar-refractivity contribution is 5.31. The van der Waals surface area contributed by atoms with Crippen LogP contribution in [0, 0.1) is 6.10 Å². The van der Waals surface area contributed by atoms with E-state index in [1.54, 1.807) is 0 Å². The second-order valence-corrected chi connectivity index (χ2v) is 3.36. The molecule has 0 fully saturated rings. The number of hydrogen-bond acceptors (Lipinski definition) is 2. The van der Waals surface area contributed by atoms with Gasteiger partial charge in [0.15, 0.2) is 0 Å². The molecule has 2 nitrogen and oxygen atoms in total. The van der Waals surface area contributed by atoms with E-state index >= 15 is 0 Å². The van der Waals surface area contributed by atoms with Gasteiger partial charge in [0, 0.05) is 5.56 Å². The zero-order chi connectivity index (χ0) is 11.2. The molecule has 2 heteroatoms. The smallest absolute Gasteiger partial charge is 0.203 e. The van der Waals surface area contributed by atoms with Crippen LogP contribution in [-0.4, -0.2) is 11.7 Å². The summed E-state index contributed by atoms with van der Waals surface area (Å²) in [6.45, 7) is -0.112. The van der Waals surface area contributed by atoms with Gasteiger partial charge in [-0.3, -0.25) is 0 Å². The van der Waals surface area contributed by atoms with E-state index in [0.717, 1.165) is 11.3 Å². The van der Waals surface area contributed by atoms with Gasteiger partial charge in [-0.2, -0.15) is 0 Å². The summed E-state index contributed by atoms with van der Waals surface area (Å²) in [6, 6.07) is 19.0. The summed E-state index contributed by atoms with van der Waals surface area (Å²) >= 11 is 0. The van der Waals surface area contributed by atoms with E-state index in [2.05, 4.69) is 0 Å². The normalized spacial score (nSPS) is 10.4. The molecule has 0 amide bonds. The van der Waals surface area contributed by atoms with Gasteiger partial charge < -0.3 is 9.84 Å². The summed E-state index contributed by atoms with van der Waals surface area (Å²) in [5.41, 5.74) is 0.897. The van der Waals surface area contributed by atoms with Gasteiger partial charge in [0.25, 0.3) is 0 Å². The Bertz CT molecular complexity index is 411. The lowest BCUT2D eigenvalue weighted by molar-refractivity contribution is 0.218. The van der Waals surface area contributed by atoms with Gasteiger partial charge in [0.05, 0.1) is 6.61 Å². The standard InChI is InChI=1S/C14H13O2/c15-11-14(12-7-3-1-4-8-12)16-13-9-5-2-6-10-13/h1-10,15H,11H2. The van der Waals surface area contributed by atoms with Gasteiger partial charge in [-0.25, -0.2) is 0 Å². The summed E-state index contributed by atoms with van der Waals surface area (Å²) in [6.07, 6.45) is 0.562. The molecule has 0 heterocycles. The molecule has 0 aliphatic carbocycles. The van der Waals surface area contributed by atoms with Gasteiger partial charge in [-0.15, -0.1) is 0 Å². The van der Waals surface area contributed by atoms with Gasteiger partial charge >= 0.3 is 0 Å². The predicted octanol–water partition coefficient (Wildman–Crippen LogP) is 2.64. The minimum absolute atomic E-state index is 0.112. The molecule has 0 aromatic heterocycles. The number of ether oxygens (including phenoxy) is 1. The zero-order valence-corrected chi connectivity index (χ0v) is 8.84. The Kier molecular flexibility index (Phi) is 3.57. The first kappa shape index (κ1) is 10.7. The molecule has 0 saturated heterocycles. The first-order chi connectivity index (χ1) is 7.90. The van der Waals surface area contributed by atoms with Crippen molar-refractivity contribution in [1.82, 2.24) is 0 Å². The summed E-state index contributed by atoms with van der Waals surface area (Å²) in [5, 5.41) is 9.28. The van der Waals surface area contributed by atoms with Crippen LogP contribution < -0.4 is 4.74 Å². The van der Waals surface area contributed by atoms with E-state index in [1.165, 1.54) is 0 Å². The molecule has 1 N–H and O–H groups in total. The molecule has 2 aromatic rings. The van der Waals surface area contributed by atoms with E-state index in [-0.39, 0.29) is 6.61 Å². The second kappa shape index (κ2) is 5.33.